The molecule has 0 aromatic carbocycles. The van der Waals surface area contributed by atoms with Crippen LogP contribution in [0.3, 0.4) is 0 Å². The van der Waals surface area contributed by atoms with E-state index in [1.165, 1.54) is 6.08 Å². The molecule has 1 aromatic heterocycles. The summed E-state index contributed by atoms with van der Waals surface area (Å²) >= 11 is 0. The molecule has 0 aliphatic heterocycles. The van der Waals surface area contributed by atoms with Gasteiger partial charge in [-0.15, -0.1) is 0 Å². The topological polar surface area (TPSA) is 68.3 Å². The Kier molecular flexibility index (Phi) is 5.75. The average Bonchev–Trinajstić information content (AvgIpc) is 2.67. The minimum atomic E-state index is -0.529. The summed E-state index contributed by atoms with van der Waals surface area (Å²) in [5.74, 6) is -0.0961. The van der Waals surface area contributed by atoms with Crippen LogP contribution >= 0.6 is 0 Å². The molecule has 0 radical (unpaired) electrons. The number of ketones is 1. The lowest BCUT2D eigenvalue weighted by atomic mass is 10.00. The molecule has 0 bridgehead atoms. The first-order valence-electron chi connectivity index (χ1n) is 8.45. The van der Waals surface area contributed by atoms with E-state index in [1.807, 2.05) is 33.8 Å². The average molecular weight is 330 g/mol. The van der Waals surface area contributed by atoms with Gasteiger partial charge in [0.1, 0.15) is 11.3 Å². The smallest absolute Gasteiger partial charge is 0.408 e. The SMILES string of the molecule is C/C=C/C(=O)c1cc2c(cn1)C(NC(=O)OC(C)(C)C)CCCC2. The van der Waals surface area contributed by atoms with E-state index in [4.69, 9.17) is 4.74 Å². The van der Waals surface area contributed by atoms with Crippen LogP contribution in [0.1, 0.15) is 74.6 Å². The van der Waals surface area contributed by atoms with Crippen LogP contribution in [0.25, 0.3) is 0 Å². The van der Waals surface area contributed by atoms with Gasteiger partial charge in [-0.2, -0.15) is 0 Å². The number of alkyl carbamates (subject to hydrolysis) is 1. The highest BCUT2D eigenvalue weighted by Crippen LogP contribution is 2.29. The molecule has 0 spiro atoms. The Hall–Kier alpha value is -2.17. The van der Waals surface area contributed by atoms with Crippen molar-refractivity contribution in [2.75, 3.05) is 0 Å². The van der Waals surface area contributed by atoms with Gasteiger partial charge in [0.2, 0.25) is 5.78 Å². The summed E-state index contributed by atoms with van der Waals surface area (Å²) in [7, 11) is 0. The number of nitrogens with one attached hydrogen (secondary N) is 1. The molecule has 1 heterocycles. The first-order valence-corrected chi connectivity index (χ1v) is 8.45. The maximum Gasteiger partial charge on any atom is 0.408 e. The number of amides is 1. The molecule has 1 aliphatic rings. The molecule has 1 amide bonds. The van der Waals surface area contributed by atoms with E-state index < -0.39 is 11.7 Å². The second-order valence-corrected chi connectivity index (χ2v) is 7.08. The molecule has 1 aliphatic carbocycles. The second-order valence-electron chi connectivity index (χ2n) is 7.08. The quantitative estimate of drug-likeness (QED) is 0.514. The van der Waals surface area contributed by atoms with Crippen LogP contribution in [0.4, 0.5) is 4.79 Å². The van der Waals surface area contributed by atoms with Crippen LogP contribution in [-0.2, 0) is 11.2 Å². The molecule has 24 heavy (non-hydrogen) atoms. The first kappa shape index (κ1) is 18.2. The Morgan fingerprint density at radius 1 is 1.33 bits per heavy atom. The number of hydrogen-bond acceptors (Lipinski definition) is 4. The van der Waals surface area contributed by atoms with Crippen molar-refractivity contribution in [1.29, 1.82) is 0 Å². The predicted molar refractivity (Wildman–Crippen MR) is 93.0 cm³/mol. The van der Waals surface area contributed by atoms with Gasteiger partial charge < -0.3 is 10.1 Å². The van der Waals surface area contributed by atoms with Crippen molar-refractivity contribution in [2.24, 2.45) is 0 Å². The van der Waals surface area contributed by atoms with Gasteiger partial charge in [0.05, 0.1) is 6.04 Å². The van der Waals surface area contributed by atoms with Gasteiger partial charge >= 0.3 is 6.09 Å². The van der Waals surface area contributed by atoms with Crippen molar-refractivity contribution in [3.8, 4) is 0 Å². The van der Waals surface area contributed by atoms with Crippen molar-refractivity contribution in [1.82, 2.24) is 10.3 Å². The molecule has 0 saturated heterocycles. The Bertz CT molecular complexity index is 645. The largest absolute Gasteiger partial charge is 0.444 e. The van der Waals surface area contributed by atoms with Crippen LogP contribution in [0.5, 0.6) is 0 Å². The number of pyridine rings is 1. The highest BCUT2D eigenvalue weighted by molar-refractivity contribution is 6.03. The lowest BCUT2D eigenvalue weighted by molar-refractivity contribution is 0.0500. The van der Waals surface area contributed by atoms with Gasteiger partial charge in [-0.3, -0.25) is 9.78 Å². The molecule has 0 saturated carbocycles. The number of aromatic nitrogens is 1. The first-order chi connectivity index (χ1) is 11.3. The van der Waals surface area contributed by atoms with Crippen molar-refractivity contribution >= 4 is 11.9 Å². The summed E-state index contributed by atoms with van der Waals surface area (Å²) in [5, 5.41) is 2.95. The van der Waals surface area contributed by atoms with Gasteiger partial charge in [0, 0.05) is 6.20 Å². The fraction of sp³-hybridized carbons (Fsp3) is 0.526. The summed E-state index contributed by atoms with van der Waals surface area (Å²) in [5.41, 5.74) is 1.98. The molecule has 5 heteroatoms. The Labute approximate surface area is 143 Å². The maximum absolute atomic E-state index is 12.1. The zero-order valence-electron chi connectivity index (χ0n) is 14.9. The van der Waals surface area contributed by atoms with E-state index >= 15 is 0 Å². The third-order valence-corrected chi connectivity index (χ3v) is 3.85. The Morgan fingerprint density at radius 2 is 2.08 bits per heavy atom. The van der Waals surface area contributed by atoms with Crippen molar-refractivity contribution < 1.29 is 14.3 Å². The molecule has 2 rings (SSSR count). The molecule has 5 nitrogen and oxygen atoms in total. The van der Waals surface area contributed by atoms with Crippen LogP contribution < -0.4 is 5.32 Å². The number of ether oxygens (including phenoxy) is 1. The lowest BCUT2D eigenvalue weighted by Gasteiger charge is -2.24. The summed E-state index contributed by atoms with van der Waals surface area (Å²) in [4.78, 5) is 28.4. The van der Waals surface area contributed by atoms with Gasteiger partial charge in [-0.05, 0) is 70.2 Å². The number of carbonyl (C=O) groups is 2. The summed E-state index contributed by atoms with van der Waals surface area (Å²) in [6, 6.07) is 1.72. The number of nitrogens with zero attached hydrogens (tertiary/aromatic N) is 1. The number of fused-ring (bicyclic) bond motifs is 1. The number of rotatable bonds is 3. The van der Waals surface area contributed by atoms with Gasteiger partial charge in [0.15, 0.2) is 0 Å². The summed E-state index contributed by atoms with van der Waals surface area (Å²) < 4.78 is 5.36. The van der Waals surface area contributed by atoms with Crippen LogP contribution in [-0.4, -0.2) is 22.5 Å². The van der Waals surface area contributed by atoms with Crippen molar-refractivity contribution in [3.63, 3.8) is 0 Å². The highest BCUT2D eigenvalue weighted by Gasteiger charge is 2.24. The van der Waals surface area contributed by atoms with E-state index in [2.05, 4.69) is 10.3 Å². The van der Waals surface area contributed by atoms with Crippen LogP contribution in [0.15, 0.2) is 24.4 Å². The van der Waals surface area contributed by atoms with Crippen LogP contribution in [0.2, 0.25) is 0 Å². The van der Waals surface area contributed by atoms with E-state index in [0.717, 1.165) is 36.8 Å². The van der Waals surface area contributed by atoms with Gasteiger partial charge in [0.25, 0.3) is 0 Å². The number of carbonyl (C=O) groups excluding carboxylic acids is 2. The minimum absolute atomic E-state index is 0.0961. The monoisotopic (exact) mass is 330 g/mol. The standard InChI is InChI=1S/C19H26N2O3/c1-5-8-17(22)16-11-13-9-6-7-10-15(14(13)12-20-16)21-18(23)24-19(2,3)4/h5,8,11-12,15H,6-7,9-10H2,1-4H3,(H,21,23)/b8-5+. The second kappa shape index (κ2) is 7.60. The number of aryl methyl sites for hydroxylation is 1. The van der Waals surface area contributed by atoms with Gasteiger partial charge in [-0.25, -0.2) is 4.79 Å². The fourth-order valence-corrected chi connectivity index (χ4v) is 2.83. The van der Waals surface area contributed by atoms with Crippen molar-refractivity contribution in [3.05, 3.63) is 41.2 Å². The third-order valence-electron chi connectivity index (χ3n) is 3.85. The van der Waals surface area contributed by atoms with Crippen molar-refractivity contribution in [2.45, 2.75) is 65.0 Å². The molecule has 130 valence electrons. The van der Waals surface area contributed by atoms with E-state index in [-0.39, 0.29) is 11.8 Å². The van der Waals surface area contributed by atoms with E-state index in [9.17, 15) is 9.59 Å². The molecule has 1 aromatic rings. The highest BCUT2D eigenvalue weighted by atomic mass is 16.6. The molecule has 1 unspecified atom stereocenters. The predicted octanol–water partition coefficient (Wildman–Crippen LogP) is 4.13. The van der Waals surface area contributed by atoms with E-state index in [0.29, 0.717) is 5.69 Å². The summed E-state index contributed by atoms with van der Waals surface area (Å²) in [6.07, 6.45) is 8.29. The molecule has 1 N–H and O–H groups in total. The lowest BCUT2D eigenvalue weighted by Crippen LogP contribution is -2.35. The Balaban J connectivity index is 2.22. The molecular weight excluding hydrogens is 304 g/mol. The zero-order valence-corrected chi connectivity index (χ0v) is 14.9. The number of allylic oxidation sites excluding steroid dienone is 2. The minimum Gasteiger partial charge on any atom is -0.444 e. The molecular formula is C19H26N2O3. The normalized spacial score (nSPS) is 17.9. The molecule has 0 fully saturated rings. The maximum atomic E-state index is 12.1. The van der Waals surface area contributed by atoms with Gasteiger partial charge in [-0.1, -0.05) is 12.5 Å². The third kappa shape index (κ3) is 4.91. The fourth-order valence-electron chi connectivity index (χ4n) is 2.83. The van der Waals surface area contributed by atoms with E-state index in [1.54, 1.807) is 12.3 Å². The zero-order chi connectivity index (χ0) is 17.7. The van der Waals surface area contributed by atoms with Crippen LogP contribution in [0, 0.1) is 0 Å². The Morgan fingerprint density at radius 3 is 2.75 bits per heavy atom. The summed E-state index contributed by atoms with van der Waals surface area (Å²) in [6.45, 7) is 7.33. The molecule has 1 atom stereocenters. The number of hydrogen-bond donors (Lipinski definition) is 1.